The molecule has 0 rings (SSSR count). The first-order chi connectivity index (χ1) is 14.8. The summed E-state index contributed by atoms with van der Waals surface area (Å²) in [6.45, 7) is 23.4. The molecule has 6 nitrogen and oxygen atoms in total. The minimum Gasteiger partial charge on any atom is -0.481 e. The summed E-state index contributed by atoms with van der Waals surface area (Å²) >= 11 is 0. The Labute approximate surface area is 197 Å². The number of rotatable bonds is 12. The van der Waals surface area contributed by atoms with E-state index in [0.29, 0.717) is 19.4 Å². The van der Waals surface area contributed by atoms with Crippen molar-refractivity contribution in [3.05, 3.63) is 12.7 Å². The quantitative estimate of drug-likeness (QED) is 0.262. The van der Waals surface area contributed by atoms with Crippen molar-refractivity contribution >= 4 is 17.8 Å². The molecule has 0 atom stereocenters. The number of nitrogens with one attached hydrogen (secondary N) is 1. The zero-order valence-electron chi connectivity index (χ0n) is 22.5. The first-order valence-corrected chi connectivity index (χ1v) is 12.1. The van der Waals surface area contributed by atoms with Crippen LogP contribution in [0, 0.1) is 16.7 Å². The van der Waals surface area contributed by atoms with Gasteiger partial charge in [0.2, 0.25) is 5.91 Å². The van der Waals surface area contributed by atoms with E-state index in [9.17, 15) is 14.4 Å². The van der Waals surface area contributed by atoms with Crippen LogP contribution in [0.5, 0.6) is 0 Å². The molecular weight excluding hydrogens is 406 g/mol. The molecule has 0 radical (unpaired) electrons. The monoisotopic (exact) mass is 457 g/mol. The van der Waals surface area contributed by atoms with Crippen LogP contribution in [0.1, 0.15) is 108 Å². The number of hydrogen-bond acceptors (Lipinski definition) is 4. The number of esters is 1. The molecule has 2 N–H and O–H groups in total. The summed E-state index contributed by atoms with van der Waals surface area (Å²) in [6.07, 6.45) is 6.52. The van der Waals surface area contributed by atoms with Gasteiger partial charge in [0.15, 0.2) is 0 Å². The number of aliphatic carboxylic acids is 1. The number of carboxylic acid groups (broad SMARTS) is 1. The van der Waals surface area contributed by atoms with E-state index in [1.807, 2.05) is 62.3 Å². The van der Waals surface area contributed by atoms with E-state index in [1.165, 1.54) is 0 Å². The van der Waals surface area contributed by atoms with Gasteiger partial charge in [-0.3, -0.25) is 14.4 Å². The molecule has 190 valence electrons. The molecule has 0 aromatic heterocycles. The smallest absolute Gasteiger partial charge is 0.312 e. The predicted octanol–water partition coefficient (Wildman–Crippen LogP) is 6.39. The summed E-state index contributed by atoms with van der Waals surface area (Å²) in [5.74, 6) is -0.401. The van der Waals surface area contributed by atoms with Crippen molar-refractivity contribution < 1.29 is 24.2 Å². The van der Waals surface area contributed by atoms with E-state index in [4.69, 9.17) is 9.84 Å². The Morgan fingerprint density at radius 1 is 0.906 bits per heavy atom. The highest BCUT2D eigenvalue weighted by molar-refractivity contribution is 5.78. The van der Waals surface area contributed by atoms with Gasteiger partial charge in [-0.25, -0.2) is 0 Å². The predicted molar refractivity (Wildman–Crippen MR) is 134 cm³/mol. The molecule has 0 heterocycles. The number of hydrogen-bond donors (Lipinski definition) is 2. The second-order valence-corrected chi connectivity index (χ2v) is 8.90. The standard InChI is InChI=1S/C10H18O2.C9H19NO.C7H14O2/c1-5-8-12-9(11)10(4,6-2)7-3;1-5-8(6-2)9(11)10-7(3)4;1-4-7(3,5-2)6(8)9/h5H,1,6-8H2,2-4H3;7-8H,5-6H2,1-4H3,(H,10,11);4-5H2,1-3H3,(H,8,9). The highest BCUT2D eigenvalue weighted by atomic mass is 16.5. The number of carboxylic acids is 1. The molecule has 0 saturated heterocycles. The van der Waals surface area contributed by atoms with E-state index in [2.05, 4.69) is 11.9 Å². The van der Waals surface area contributed by atoms with Crippen molar-refractivity contribution in [2.45, 2.75) is 114 Å². The van der Waals surface area contributed by atoms with Crippen LogP contribution in [0.25, 0.3) is 0 Å². The van der Waals surface area contributed by atoms with Gasteiger partial charge in [-0.15, -0.1) is 0 Å². The lowest BCUT2D eigenvalue weighted by Crippen LogP contribution is -2.35. The van der Waals surface area contributed by atoms with E-state index in [0.717, 1.165) is 25.7 Å². The van der Waals surface area contributed by atoms with E-state index in [1.54, 1.807) is 13.0 Å². The SMILES string of the molecule is C=CCOC(=O)C(C)(CC)CC.CCC(C)(CC)C(=O)O.CCC(CC)C(=O)NC(C)C. The van der Waals surface area contributed by atoms with Gasteiger partial charge in [0.25, 0.3) is 0 Å². The van der Waals surface area contributed by atoms with Gasteiger partial charge in [0.05, 0.1) is 10.8 Å². The molecule has 0 spiro atoms. The molecule has 32 heavy (non-hydrogen) atoms. The van der Waals surface area contributed by atoms with Crippen LogP contribution < -0.4 is 5.32 Å². The molecule has 0 aliphatic heterocycles. The van der Waals surface area contributed by atoms with Gasteiger partial charge in [-0.05, 0) is 66.2 Å². The highest BCUT2D eigenvalue weighted by Gasteiger charge is 2.30. The van der Waals surface area contributed by atoms with E-state index in [-0.39, 0.29) is 29.3 Å². The lowest BCUT2D eigenvalue weighted by atomic mass is 9.85. The number of carbonyl (C=O) groups excluding carboxylic acids is 2. The summed E-state index contributed by atoms with van der Waals surface area (Å²) in [4.78, 5) is 33.2. The molecule has 0 aromatic carbocycles. The summed E-state index contributed by atoms with van der Waals surface area (Å²) in [7, 11) is 0. The molecule has 0 aromatic rings. The maximum absolute atomic E-state index is 11.4. The summed E-state index contributed by atoms with van der Waals surface area (Å²) in [6, 6.07) is 0.267. The van der Waals surface area contributed by atoms with Gasteiger partial charge < -0.3 is 15.2 Å². The first-order valence-electron chi connectivity index (χ1n) is 12.1. The van der Waals surface area contributed by atoms with Gasteiger partial charge in [0.1, 0.15) is 6.61 Å². The fourth-order valence-electron chi connectivity index (χ4n) is 2.46. The molecule has 0 fully saturated rings. The largest absolute Gasteiger partial charge is 0.481 e. The van der Waals surface area contributed by atoms with E-state index >= 15 is 0 Å². The highest BCUT2D eigenvalue weighted by Crippen LogP contribution is 2.26. The number of carbonyl (C=O) groups is 3. The maximum Gasteiger partial charge on any atom is 0.312 e. The zero-order valence-corrected chi connectivity index (χ0v) is 22.5. The third-order valence-corrected chi connectivity index (χ3v) is 6.25. The first kappa shape index (κ1) is 34.8. The Bertz CT molecular complexity index is 530. The average Bonchev–Trinajstić information content (AvgIpc) is 2.77. The normalized spacial score (nSPS) is 11.0. The molecule has 0 aliphatic rings. The molecule has 1 amide bonds. The minimum atomic E-state index is -0.687. The third-order valence-electron chi connectivity index (χ3n) is 6.25. The minimum absolute atomic E-state index is 0.118. The second-order valence-electron chi connectivity index (χ2n) is 8.90. The molecule has 0 bridgehead atoms. The number of amides is 1. The lowest BCUT2D eigenvalue weighted by Gasteiger charge is -2.23. The Balaban J connectivity index is -0.000000398. The summed E-state index contributed by atoms with van der Waals surface area (Å²) < 4.78 is 4.98. The van der Waals surface area contributed by atoms with Crippen molar-refractivity contribution in [2.75, 3.05) is 6.61 Å². The van der Waals surface area contributed by atoms with Gasteiger partial charge in [-0.2, -0.15) is 0 Å². The Morgan fingerprint density at radius 3 is 1.53 bits per heavy atom. The van der Waals surface area contributed by atoms with E-state index < -0.39 is 11.4 Å². The van der Waals surface area contributed by atoms with Crippen LogP contribution in [0.15, 0.2) is 12.7 Å². The Morgan fingerprint density at radius 2 is 1.31 bits per heavy atom. The second kappa shape index (κ2) is 18.7. The summed E-state index contributed by atoms with van der Waals surface area (Å²) in [5, 5.41) is 11.5. The van der Waals surface area contributed by atoms with Crippen molar-refractivity contribution in [1.29, 1.82) is 0 Å². The fourth-order valence-corrected chi connectivity index (χ4v) is 2.46. The van der Waals surface area contributed by atoms with Gasteiger partial charge >= 0.3 is 11.9 Å². The van der Waals surface area contributed by atoms with Crippen LogP contribution in [-0.2, 0) is 19.1 Å². The lowest BCUT2D eigenvalue weighted by molar-refractivity contribution is -0.154. The van der Waals surface area contributed by atoms with Gasteiger partial charge in [-0.1, -0.05) is 54.2 Å². The van der Waals surface area contributed by atoms with Crippen LogP contribution >= 0.6 is 0 Å². The van der Waals surface area contributed by atoms with Crippen molar-refractivity contribution in [2.24, 2.45) is 16.7 Å². The molecule has 0 unspecified atom stereocenters. The number of ether oxygens (including phenoxy) is 1. The van der Waals surface area contributed by atoms with Crippen LogP contribution in [-0.4, -0.2) is 35.6 Å². The molecular formula is C26H51NO5. The summed E-state index contributed by atoms with van der Waals surface area (Å²) in [5.41, 5.74) is -0.816. The molecule has 6 heteroatoms. The Kier molecular flexibility index (Phi) is 20.3. The zero-order chi connectivity index (χ0) is 26.0. The van der Waals surface area contributed by atoms with Gasteiger partial charge in [0, 0.05) is 12.0 Å². The van der Waals surface area contributed by atoms with Crippen molar-refractivity contribution in [3.63, 3.8) is 0 Å². The van der Waals surface area contributed by atoms with Crippen LogP contribution in [0.4, 0.5) is 0 Å². The van der Waals surface area contributed by atoms with Crippen LogP contribution in [0.3, 0.4) is 0 Å². The average molecular weight is 458 g/mol. The maximum atomic E-state index is 11.4. The van der Waals surface area contributed by atoms with Crippen LogP contribution in [0.2, 0.25) is 0 Å². The fraction of sp³-hybridized carbons (Fsp3) is 0.808. The molecule has 0 saturated carbocycles. The van der Waals surface area contributed by atoms with Crippen molar-refractivity contribution in [3.8, 4) is 0 Å². The topological polar surface area (TPSA) is 92.7 Å². The Hall–Kier alpha value is -1.85. The molecule has 0 aliphatic carbocycles. The third kappa shape index (κ3) is 14.3. The van der Waals surface area contributed by atoms with Crippen molar-refractivity contribution in [1.82, 2.24) is 5.32 Å².